The maximum absolute atomic E-state index is 14.0. The molecular weight excluding hydrogens is 701 g/mol. The van der Waals surface area contributed by atoms with E-state index >= 15 is 0 Å². The first-order valence-electron chi connectivity index (χ1n) is 16.7. The number of methoxy groups -OCH3 is 1. The van der Waals surface area contributed by atoms with Gasteiger partial charge in [0, 0.05) is 91.5 Å². The fourth-order valence-electron chi connectivity index (χ4n) is 7.08. The molecule has 0 spiro atoms. The first kappa shape index (κ1) is 34.9. The molecule has 2 aromatic carbocycles. The molecular formula is C35H37ClFN7O6S. The van der Waals surface area contributed by atoms with Gasteiger partial charge in [-0.1, -0.05) is 17.7 Å². The van der Waals surface area contributed by atoms with Crippen molar-refractivity contribution < 1.29 is 33.4 Å². The van der Waals surface area contributed by atoms with Crippen LogP contribution in [-0.2, 0) is 19.1 Å². The van der Waals surface area contributed by atoms with E-state index < -0.39 is 23.8 Å². The Morgan fingerprint density at radius 3 is 2.65 bits per heavy atom. The monoisotopic (exact) mass is 737 g/mol. The largest absolute Gasteiger partial charge is 0.481 e. The number of carboxylic acids is 1. The van der Waals surface area contributed by atoms with Crippen molar-refractivity contribution in [2.45, 2.75) is 31.0 Å². The van der Waals surface area contributed by atoms with E-state index in [1.165, 1.54) is 36.6 Å². The van der Waals surface area contributed by atoms with Gasteiger partial charge in [-0.2, -0.15) is 0 Å². The third kappa shape index (κ3) is 7.42. The third-order valence-corrected chi connectivity index (χ3v) is 10.7. The highest BCUT2D eigenvalue weighted by Gasteiger charge is 2.42. The average molecular weight is 738 g/mol. The smallest absolute Gasteiger partial charge is 0.338 e. The van der Waals surface area contributed by atoms with Crippen LogP contribution >= 0.6 is 22.9 Å². The van der Waals surface area contributed by atoms with Gasteiger partial charge in [0.2, 0.25) is 0 Å². The van der Waals surface area contributed by atoms with E-state index in [-0.39, 0.29) is 35.2 Å². The van der Waals surface area contributed by atoms with Crippen LogP contribution in [-0.4, -0.2) is 115 Å². The summed E-state index contributed by atoms with van der Waals surface area (Å²) in [5, 5.41) is 15.0. The van der Waals surface area contributed by atoms with Gasteiger partial charge in [-0.05, 0) is 42.8 Å². The van der Waals surface area contributed by atoms with E-state index in [0.29, 0.717) is 80.9 Å². The summed E-state index contributed by atoms with van der Waals surface area (Å²) in [5.41, 5.74) is 3.10. The first-order valence-corrected chi connectivity index (χ1v) is 17.9. The predicted molar refractivity (Wildman–Crippen MR) is 190 cm³/mol. The Hall–Kier alpha value is -4.57. The number of carbonyl (C=O) groups is 3. The van der Waals surface area contributed by atoms with Crippen LogP contribution in [0.1, 0.15) is 29.5 Å². The minimum absolute atomic E-state index is 0.0537. The Bertz CT molecular complexity index is 1860. The number of hydrogen-bond donors (Lipinski definition) is 2. The molecule has 13 nitrogen and oxygen atoms in total. The second kappa shape index (κ2) is 15.0. The predicted octanol–water partition coefficient (Wildman–Crippen LogP) is 4.15. The molecule has 0 aliphatic carbocycles. The number of nitrogens with one attached hydrogen (secondary N) is 1. The number of thiazole rings is 1. The molecule has 2 N–H and O–H groups in total. The topological polar surface area (TPSA) is 140 Å². The quantitative estimate of drug-likeness (QED) is 0.292. The number of carboxylic acid groups (broad SMARTS) is 1. The molecule has 4 aliphatic heterocycles. The van der Waals surface area contributed by atoms with Crippen LogP contribution in [0.5, 0.6) is 0 Å². The van der Waals surface area contributed by atoms with E-state index in [2.05, 4.69) is 20.1 Å². The number of aliphatic imine (C=N–C) groups is 1. The zero-order valence-electron chi connectivity index (χ0n) is 27.8. The molecule has 3 fully saturated rings. The lowest BCUT2D eigenvalue weighted by Gasteiger charge is -2.38. The number of aliphatic carboxylic acids is 1. The lowest BCUT2D eigenvalue weighted by Crippen LogP contribution is -2.53. The number of anilines is 2. The molecule has 5 heterocycles. The van der Waals surface area contributed by atoms with E-state index in [1.807, 2.05) is 34.5 Å². The molecule has 3 aromatic rings. The maximum Gasteiger partial charge on any atom is 0.338 e. The van der Waals surface area contributed by atoms with Gasteiger partial charge >= 0.3 is 18.0 Å². The number of amides is 2. The van der Waals surface area contributed by atoms with Crippen molar-refractivity contribution in [2.75, 3.05) is 69.3 Å². The molecule has 2 amide bonds. The van der Waals surface area contributed by atoms with Crippen molar-refractivity contribution in [3.05, 3.63) is 86.7 Å². The van der Waals surface area contributed by atoms with Crippen LogP contribution in [0.3, 0.4) is 0 Å². The van der Waals surface area contributed by atoms with E-state index in [4.69, 9.17) is 31.2 Å². The summed E-state index contributed by atoms with van der Waals surface area (Å²) < 4.78 is 25.0. The molecule has 268 valence electrons. The Morgan fingerprint density at radius 2 is 1.92 bits per heavy atom. The number of piperazine rings is 1. The van der Waals surface area contributed by atoms with Crippen molar-refractivity contribution in [1.82, 2.24) is 20.1 Å². The Labute approximate surface area is 302 Å². The van der Waals surface area contributed by atoms with Gasteiger partial charge in [0.1, 0.15) is 11.9 Å². The minimum atomic E-state index is -0.860. The average Bonchev–Trinajstić information content (AvgIpc) is 3.79. The zero-order valence-corrected chi connectivity index (χ0v) is 29.4. The fraction of sp³-hybridized carbons (Fsp3) is 0.400. The van der Waals surface area contributed by atoms with Crippen LogP contribution < -0.4 is 15.1 Å². The number of nitrogens with zero attached hydrogens (tertiary/aromatic N) is 6. The summed E-state index contributed by atoms with van der Waals surface area (Å²) in [6, 6.07) is 10.9. The molecule has 1 aromatic heterocycles. The number of carbonyl (C=O) groups excluding carboxylic acids is 2. The lowest BCUT2D eigenvalue weighted by atomic mass is 9.95. The van der Waals surface area contributed by atoms with Gasteiger partial charge in [-0.25, -0.2) is 19.0 Å². The number of ether oxygens (including phenoxy) is 2. The number of fused-ring (bicyclic) bond motifs is 1. The molecule has 51 heavy (non-hydrogen) atoms. The van der Waals surface area contributed by atoms with Gasteiger partial charge in [0.05, 0.1) is 31.4 Å². The van der Waals surface area contributed by atoms with Gasteiger partial charge in [0.15, 0.2) is 10.8 Å². The third-order valence-electron chi connectivity index (χ3n) is 9.59. The minimum Gasteiger partial charge on any atom is -0.481 e. The molecule has 16 heteroatoms. The highest BCUT2D eigenvalue weighted by Crippen LogP contribution is 2.37. The molecule has 7 rings (SSSR count). The molecule has 3 saturated heterocycles. The zero-order chi connectivity index (χ0) is 35.6. The van der Waals surface area contributed by atoms with Gasteiger partial charge in [-0.3, -0.25) is 19.6 Å². The first-order chi connectivity index (χ1) is 24.7. The lowest BCUT2D eigenvalue weighted by molar-refractivity contribution is -0.138. The van der Waals surface area contributed by atoms with Crippen LogP contribution in [0.2, 0.25) is 5.02 Å². The fourth-order valence-corrected chi connectivity index (χ4v) is 7.94. The molecule has 0 radical (unpaired) electrons. The summed E-state index contributed by atoms with van der Waals surface area (Å²) in [7, 11) is 1.31. The molecule has 0 bridgehead atoms. The second-order valence-electron chi connectivity index (χ2n) is 12.8. The molecule has 0 saturated carbocycles. The van der Waals surface area contributed by atoms with Crippen LogP contribution in [0.4, 0.5) is 20.6 Å². The number of esters is 1. The van der Waals surface area contributed by atoms with Gasteiger partial charge in [0.25, 0.3) is 0 Å². The highest BCUT2D eigenvalue weighted by atomic mass is 35.5. The molecule has 4 aliphatic rings. The van der Waals surface area contributed by atoms with E-state index in [1.54, 1.807) is 11.1 Å². The number of amidine groups is 1. The number of rotatable bonds is 10. The highest BCUT2D eigenvalue weighted by molar-refractivity contribution is 7.11. The van der Waals surface area contributed by atoms with Crippen LogP contribution in [0, 0.1) is 5.82 Å². The van der Waals surface area contributed by atoms with Gasteiger partial charge < -0.3 is 29.7 Å². The second-order valence-corrected chi connectivity index (χ2v) is 14.1. The molecule has 3 atom stereocenters. The summed E-state index contributed by atoms with van der Waals surface area (Å²) in [4.78, 5) is 55.3. The number of hydrogen-bond acceptors (Lipinski definition) is 11. The van der Waals surface area contributed by atoms with Gasteiger partial charge in [-0.15, -0.1) is 11.3 Å². The van der Waals surface area contributed by atoms with E-state index in [9.17, 15) is 18.8 Å². The van der Waals surface area contributed by atoms with Crippen molar-refractivity contribution in [2.24, 2.45) is 4.99 Å². The maximum atomic E-state index is 14.0. The SMILES string of the molecule is COC(=O)C1=C(CN2CCN3C(=O)N(c4ccc(N5CCO[C@H](CCC(=O)O)C5)cc4)C[C@@H]3C2)NC(c2nccs2)=NC1c1ccc(F)cc1Cl. The number of aromatic nitrogens is 1. The number of urea groups is 1. The van der Waals surface area contributed by atoms with Crippen molar-refractivity contribution in [1.29, 1.82) is 0 Å². The normalized spacial score (nSPS) is 22.5. The number of halogens is 2. The van der Waals surface area contributed by atoms with Crippen LogP contribution in [0.25, 0.3) is 0 Å². The summed E-state index contributed by atoms with van der Waals surface area (Å²) >= 11 is 7.90. The summed E-state index contributed by atoms with van der Waals surface area (Å²) in [6.07, 6.45) is 2.05. The van der Waals surface area contributed by atoms with Crippen molar-refractivity contribution in [3.63, 3.8) is 0 Å². The summed E-state index contributed by atoms with van der Waals surface area (Å²) in [5.74, 6) is -1.45. The standard InChI is InChI=1S/C35H37ClFN7O6S/c1-49-34(47)30-28(39-32(33-38-10-15-51-33)40-31(30)26-8-2-21(37)16-27(26)36)20-41-11-12-43-24(17-41)18-44(35(43)48)23-5-3-22(4-6-23)42-13-14-50-25(19-42)7-9-29(45)46/h2-6,8,10,15-16,24-25,31H,7,9,11-14,17-20H2,1H3,(H,39,40)(H,45,46)/t24-,25+,31?/m0/s1. The number of morpholine rings is 1. The Morgan fingerprint density at radius 1 is 1.12 bits per heavy atom. The van der Waals surface area contributed by atoms with Crippen LogP contribution in [0.15, 0.2) is 70.3 Å². The Balaban J connectivity index is 1.07. The molecule has 1 unspecified atom stereocenters. The van der Waals surface area contributed by atoms with Crippen molar-refractivity contribution in [3.8, 4) is 0 Å². The Kier molecular flexibility index (Phi) is 10.2. The van der Waals surface area contributed by atoms with E-state index in [0.717, 1.165) is 11.4 Å². The van der Waals surface area contributed by atoms with Crippen molar-refractivity contribution >= 4 is 58.1 Å². The summed E-state index contributed by atoms with van der Waals surface area (Å²) in [6.45, 7) is 4.32. The number of benzene rings is 2.